The molecule has 1 aromatic rings. The van der Waals surface area contributed by atoms with Crippen molar-refractivity contribution in [3.63, 3.8) is 0 Å². The molecule has 0 atom stereocenters. The van der Waals surface area contributed by atoms with Gasteiger partial charge in [0.25, 0.3) is 0 Å². The number of carbonyl (C=O) groups is 1. The molecule has 3 fully saturated rings. The molecular formula is C15H17FO3. The van der Waals surface area contributed by atoms with Crippen molar-refractivity contribution in [3.05, 3.63) is 29.6 Å². The van der Waals surface area contributed by atoms with E-state index in [1.165, 1.54) is 13.2 Å². The summed E-state index contributed by atoms with van der Waals surface area (Å²) in [6.07, 6.45) is 2.35. The lowest BCUT2D eigenvalue weighted by molar-refractivity contribution is -0.200. The van der Waals surface area contributed by atoms with Crippen LogP contribution >= 0.6 is 0 Å². The molecule has 0 aliphatic heterocycles. The van der Waals surface area contributed by atoms with E-state index in [-0.39, 0.29) is 28.4 Å². The van der Waals surface area contributed by atoms with Crippen LogP contribution in [0.4, 0.5) is 4.39 Å². The van der Waals surface area contributed by atoms with Gasteiger partial charge in [0, 0.05) is 0 Å². The summed E-state index contributed by atoms with van der Waals surface area (Å²) in [5, 5.41) is 0. The number of esters is 1. The number of hydrogen-bond donors (Lipinski definition) is 0. The first-order chi connectivity index (χ1) is 9.05. The predicted molar refractivity (Wildman–Crippen MR) is 67.5 cm³/mol. The molecular weight excluding hydrogens is 247 g/mol. The van der Waals surface area contributed by atoms with Crippen molar-refractivity contribution in [2.24, 2.45) is 5.41 Å². The lowest BCUT2D eigenvalue weighted by Crippen LogP contribution is -2.68. The highest BCUT2D eigenvalue weighted by Crippen LogP contribution is 2.74. The van der Waals surface area contributed by atoms with Gasteiger partial charge in [-0.2, -0.15) is 0 Å². The summed E-state index contributed by atoms with van der Waals surface area (Å²) in [7, 11) is 1.45. The Balaban J connectivity index is 1.75. The standard InChI is InChI=1S/C15H17FO3/c1-3-19-13(17)15-7-14(8-15,9-15)10-4-5-12(18-2)11(16)6-10/h4-6H,3,7-9H2,1-2H3. The number of ether oxygens (including phenoxy) is 2. The van der Waals surface area contributed by atoms with Crippen LogP contribution in [0.2, 0.25) is 0 Å². The Kier molecular flexibility index (Phi) is 2.59. The second-order valence-electron chi connectivity index (χ2n) is 5.66. The van der Waals surface area contributed by atoms with Crippen molar-refractivity contribution in [1.29, 1.82) is 0 Å². The minimum Gasteiger partial charge on any atom is -0.494 e. The largest absolute Gasteiger partial charge is 0.494 e. The van der Waals surface area contributed by atoms with E-state index < -0.39 is 0 Å². The molecule has 4 rings (SSSR count). The molecule has 0 radical (unpaired) electrons. The van der Waals surface area contributed by atoms with E-state index in [9.17, 15) is 9.18 Å². The minimum absolute atomic E-state index is 0.0140. The lowest BCUT2D eigenvalue weighted by atomic mass is 9.33. The van der Waals surface area contributed by atoms with Gasteiger partial charge in [-0.3, -0.25) is 4.79 Å². The number of halogens is 1. The summed E-state index contributed by atoms with van der Waals surface area (Å²) in [5.41, 5.74) is 0.670. The number of rotatable bonds is 4. The second-order valence-corrected chi connectivity index (χ2v) is 5.66. The fourth-order valence-electron chi connectivity index (χ4n) is 3.59. The van der Waals surface area contributed by atoms with Gasteiger partial charge in [0.05, 0.1) is 19.1 Å². The van der Waals surface area contributed by atoms with Gasteiger partial charge in [-0.15, -0.1) is 0 Å². The van der Waals surface area contributed by atoms with Gasteiger partial charge in [-0.05, 0) is 49.3 Å². The first-order valence-corrected chi connectivity index (χ1v) is 6.56. The molecule has 0 aromatic heterocycles. The van der Waals surface area contributed by atoms with Crippen molar-refractivity contribution in [2.75, 3.05) is 13.7 Å². The minimum atomic E-state index is -0.338. The molecule has 3 nitrogen and oxygen atoms in total. The molecule has 0 saturated heterocycles. The van der Waals surface area contributed by atoms with Gasteiger partial charge in [-0.1, -0.05) is 6.07 Å². The van der Waals surface area contributed by atoms with Gasteiger partial charge in [0.1, 0.15) is 0 Å². The van der Waals surface area contributed by atoms with Gasteiger partial charge in [-0.25, -0.2) is 4.39 Å². The van der Waals surface area contributed by atoms with Crippen molar-refractivity contribution in [1.82, 2.24) is 0 Å². The summed E-state index contributed by atoms with van der Waals surface area (Å²) >= 11 is 0. The van der Waals surface area contributed by atoms with E-state index >= 15 is 0 Å². The van der Waals surface area contributed by atoms with Crippen LogP contribution < -0.4 is 4.74 Å². The van der Waals surface area contributed by atoms with E-state index in [4.69, 9.17) is 9.47 Å². The Bertz CT molecular complexity index is 518. The maximum atomic E-state index is 13.7. The first-order valence-electron chi connectivity index (χ1n) is 6.56. The zero-order valence-corrected chi connectivity index (χ0v) is 11.2. The predicted octanol–water partition coefficient (Wildman–Crippen LogP) is 2.82. The Labute approximate surface area is 111 Å². The average Bonchev–Trinajstić information content (AvgIpc) is 2.26. The molecule has 19 heavy (non-hydrogen) atoms. The van der Waals surface area contributed by atoms with Crippen molar-refractivity contribution < 1.29 is 18.7 Å². The third-order valence-electron chi connectivity index (χ3n) is 4.50. The Morgan fingerprint density at radius 1 is 1.37 bits per heavy atom. The van der Waals surface area contributed by atoms with Gasteiger partial charge >= 0.3 is 5.97 Å². The highest BCUT2D eigenvalue weighted by Gasteiger charge is 2.72. The van der Waals surface area contributed by atoms with Gasteiger partial charge in [0.15, 0.2) is 11.6 Å². The van der Waals surface area contributed by atoms with Crippen LogP contribution in [-0.4, -0.2) is 19.7 Å². The van der Waals surface area contributed by atoms with E-state index in [2.05, 4.69) is 0 Å². The molecule has 4 heteroatoms. The summed E-state index contributed by atoms with van der Waals surface area (Å²) < 4.78 is 23.7. The first kappa shape index (κ1) is 12.5. The Morgan fingerprint density at radius 3 is 2.58 bits per heavy atom. The van der Waals surface area contributed by atoms with Crippen molar-refractivity contribution in [3.8, 4) is 5.75 Å². The fourth-order valence-corrected chi connectivity index (χ4v) is 3.59. The summed E-state index contributed by atoms with van der Waals surface area (Å²) in [5.74, 6) is -0.170. The molecule has 0 N–H and O–H groups in total. The van der Waals surface area contributed by atoms with Crippen LogP contribution in [0, 0.1) is 11.2 Å². The highest BCUT2D eigenvalue weighted by atomic mass is 19.1. The van der Waals surface area contributed by atoms with Crippen LogP contribution in [0.15, 0.2) is 18.2 Å². The van der Waals surface area contributed by atoms with Gasteiger partial charge in [0.2, 0.25) is 0 Å². The normalized spacial score (nSPS) is 31.1. The topological polar surface area (TPSA) is 35.5 Å². The Hall–Kier alpha value is -1.58. The van der Waals surface area contributed by atoms with Gasteiger partial charge < -0.3 is 9.47 Å². The Morgan fingerprint density at radius 2 is 2.05 bits per heavy atom. The lowest BCUT2D eigenvalue weighted by Gasteiger charge is -2.69. The number of hydrogen-bond acceptors (Lipinski definition) is 3. The monoisotopic (exact) mass is 264 g/mol. The van der Waals surface area contributed by atoms with Crippen molar-refractivity contribution >= 4 is 5.97 Å². The summed E-state index contributed by atoms with van der Waals surface area (Å²) in [6.45, 7) is 2.24. The van der Waals surface area contributed by atoms with E-state index in [1.54, 1.807) is 6.07 Å². The molecule has 0 spiro atoms. The van der Waals surface area contributed by atoms with E-state index in [1.807, 2.05) is 13.0 Å². The molecule has 0 unspecified atom stereocenters. The second kappa shape index (κ2) is 3.95. The molecule has 0 amide bonds. The summed E-state index contributed by atoms with van der Waals surface area (Å²) in [6, 6.07) is 5.09. The molecule has 3 aliphatic carbocycles. The molecule has 1 aromatic carbocycles. The van der Waals surface area contributed by atoms with Crippen LogP contribution in [0.25, 0.3) is 0 Å². The third-order valence-corrected chi connectivity index (χ3v) is 4.50. The van der Waals surface area contributed by atoms with Crippen LogP contribution in [0.5, 0.6) is 5.75 Å². The fraction of sp³-hybridized carbons (Fsp3) is 0.533. The zero-order valence-electron chi connectivity index (χ0n) is 11.2. The molecule has 3 aliphatic rings. The molecule has 3 saturated carbocycles. The van der Waals surface area contributed by atoms with Crippen LogP contribution in [0.3, 0.4) is 0 Å². The molecule has 0 heterocycles. The van der Waals surface area contributed by atoms with Crippen molar-refractivity contribution in [2.45, 2.75) is 31.6 Å². The summed E-state index contributed by atoms with van der Waals surface area (Å²) in [4.78, 5) is 11.8. The molecule has 102 valence electrons. The maximum Gasteiger partial charge on any atom is 0.312 e. The SMILES string of the molecule is CCOC(=O)C12CC(c3ccc(OC)c(F)c3)(C1)C2. The molecule has 2 bridgehead atoms. The number of methoxy groups -OCH3 is 1. The third kappa shape index (κ3) is 1.58. The number of benzene rings is 1. The maximum absolute atomic E-state index is 13.7. The average molecular weight is 264 g/mol. The number of carbonyl (C=O) groups excluding carboxylic acids is 1. The highest BCUT2D eigenvalue weighted by molar-refractivity contribution is 5.82. The van der Waals surface area contributed by atoms with E-state index in [0.29, 0.717) is 6.61 Å². The van der Waals surface area contributed by atoms with Crippen LogP contribution in [0.1, 0.15) is 31.7 Å². The smallest absolute Gasteiger partial charge is 0.312 e. The van der Waals surface area contributed by atoms with Crippen LogP contribution in [-0.2, 0) is 14.9 Å². The van der Waals surface area contributed by atoms with E-state index in [0.717, 1.165) is 24.8 Å². The quantitative estimate of drug-likeness (QED) is 0.784. The zero-order chi connectivity index (χ0) is 13.7.